The number of para-hydroxylation sites is 1. The van der Waals surface area contributed by atoms with Crippen molar-refractivity contribution in [3.05, 3.63) is 59.4 Å². The first kappa shape index (κ1) is 9.99. The van der Waals surface area contributed by atoms with E-state index < -0.39 is 0 Å². The maximum Gasteiger partial charge on any atom is 0.0676 e. The van der Waals surface area contributed by atoms with E-state index in [2.05, 4.69) is 10.3 Å². The number of nitrogens with zero attached hydrogens (tertiary/aromatic N) is 2. The van der Waals surface area contributed by atoms with Crippen molar-refractivity contribution in [1.82, 2.24) is 10.3 Å². The summed E-state index contributed by atoms with van der Waals surface area (Å²) >= 11 is 5.99. The number of benzene rings is 1. The molecule has 0 N–H and O–H groups in total. The summed E-state index contributed by atoms with van der Waals surface area (Å²) in [5.74, 6) is 0. The molecule has 2 rings (SSSR count). The largest absolute Gasteiger partial charge is 0.281 e. The number of pyridine rings is 1. The highest BCUT2D eigenvalue weighted by atomic mass is 35.5. The Bertz CT molecular complexity index is 429. The minimum absolute atomic E-state index is 0.566. The fourth-order valence-electron chi connectivity index (χ4n) is 1.24. The molecular weight excluding hydrogens is 208 g/mol. The van der Waals surface area contributed by atoms with Crippen molar-refractivity contribution in [2.75, 3.05) is 0 Å². The predicted molar refractivity (Wildman–Crippen MR) is 61.2 cm³/mol. The van der Waals surface area contributed by atoms with Crippen LogP contribution in [0.15, 0.2) is 48.8 Å². The van der Waals surface area contributed by atoms with Crippen LogP contribution >= 0.6 is 11.6 Å². The molecular formula is C12H10ClN2. The molecule has 0 bridgehead atoms. The smallest absolute Gasteiger partial charge is 0.0676 e. The maximum absolute atomic E-state index is 5.99. The van der Waals surface area contributed by atoms with Crippen molar-refractivity contribution in [3.63, 3.8) is 0 Å². The van der Waals surface area contributed by atoms with Gasteiger partial charge in [-0.1, -0.05) is 29.8 Å². The van der Waals surface area contributed by atoms with Crippen molar-refractivity contribution < 1.29 is 0 Å². The second kappa shape index (κ2) is 4.80. The van der Waals surface area contributed by atoms with E-state index >= 15 is 0 Å². The van der Waals surface area contributed by atoms with Crippen LogP contribution in [0.2, 0.25) is 5.02 Å². The average molecular weight is 218 g/mol. The lowest BCUT2D eigenvalue weighted by Gasteiger charge is -2.04. The molecule has 0 saturated carbocycles. The summed E-state index contributed by atoms with van der Waals surface area (Å²) in [6.45, 7) is 0.566. The molecule has 0 aliphatic rings. The summed E-state index contributed by atoms with van der Waals surface area (Å²) in [6.07, 6.45) is 3.42. The van der Waals surface area contributed by atoms with Gasteiger partial charge < -0.3 is 0 Å². The van der Waals surface area contributed by atoms with Crippen LogP contribution in [-0.2, 0) is 6.54 Å². The summed E-state index contributed by atoms with van der Waals surface area (Å²) in [4.78, 5) is 4.01. The van der Waals surface area contributed by atoms with Crippen LogP contribution in [-0.4, -0.2) is 4.98 Å². The van der Waals surface area contributed by atoms with Gasteiger partial charge in [-0.15, -0.1) is 0 Å². The molecule has 1 radical (unpaired) electrons. The molecule has 0 atom stereocenters. The average Bonchev–Trinajstić information content (AvgIpc) is 2.29. The first-order valence-corrected chi connectivity index (χ1v) is 5.05. The number of aromatic nitrogens is 1. The summed E-state index contributed by atoms with van der Waals surface area (Å²) in [7, 11) is 0. The van der Waals surface area contributed by atoms with Crippen molar-refractivity contribution in [1.29, 1.82) is 0 Å². The molecule has 75 valence electrons. The number of hydrogen-bond donors (Lipinski definition) is 0. The zero-order valence-electron chi connectivity index (χ0n) is 8.10. The quantitative estimate of drug-likeness (QED) is 0.776. The predicted octanol–water partition coefficient (Wildman–Crippen LogP) is 3.17. The van der Waals surface area contributed by atoms with E-state index in [1.54, 1.807) is 18.5 Å². The van der Waals surface area contributed by atoms with E-state index in [-0.39, 0.29) is 0 Å². The lowest BCUT2D eigenvalue weighted by molar-refractivity contribution is 0.858. The van der Waals surface area contributed by atoms with E-state index in [0.717, 1.165) is 11.3 Å². The van der Waals surface area contributed by atoms with Gasteiger partial charge >= 0.3 is 0 Å². The van der Waals surface area contributed by atoms with Crippen LogP contribution < -0.4 is 5.32 Å². The molecule has 15 heavy (non-hydrogen) atoms. The maximum atomic E-state index is 5.99. The molecule has 1 aromatic carbocycles. The lowest BCUT2D eigenvalue weighted by atomic mass is 10.2. The molecule has 0 aliphatic carbocycles. The minimum Gasteiger partial charge on any atom is -0.281 e. The zero-order chi connectivity index (χ0) is 10.5. The van der Waals surface area contributed by atoms with Crippen molar-refractivity contribution in [2.45, 2.75) is 6.54 Å². The Morgan fingerprint density at radius 2 is 1.93 bits per heavy atom. The van der Waals surface area contributed by atoms with Crippen LogP contribution in [0.5, 0.6) is 0 Å². The molecule has 0 fully saturated rings. The molecule has 0 amide bonds. The highest BCUT2D eigenvalue weighted by molar-refractivity contribution is 6.31. The third-order valence-electron chi connectivity index (χ3n) is 2.03. The van der Waals surface area contributed by atoms with Gasteiger partial charge in [0.25, 0.3) is 0 Å². The molecule has 0 aliphatic heterocycles. The van der Waals surface area contributed by atoms with Gasteiger partial charge in [0.1, 0.15) is 0 Å². The monoisotopic (exact) mass is 217 g/mol. The van der Waals surface area contributed by atoms with Crippen molar-refractivity contribution in [2.24, 2.45) is 0 Å². The van der Waals surface area contributed by atoms with Gasteiger partial charge in [-0.25, -0.2) is 0 Å². The Morgan fingerprint density at radius 1 is 1.13 bits per heavy atom. The highest BCUT2D eigenvalue weighted by Gasteiger charge is 2.00. The molecule has 1 heterocycles. The van der Waals surface area contributed by atoms with Gasteiger partial charge in [-0.05, 0) is 18.2 Å². The first-order valence-electron chi connectivity index (χ1n) is 4.67. The Morgan fingerprint density at radius 3 is 2.67 bits per heavy atom. The number of rotatable bonds is 3. The van der Waals surface area contributed by atoms with Crippen LogP contribution in [0.1, 0.15) is 5.56 Å². The van der Waals surface area contributed by atoms with Gasteiger partial charge in [-0.3, -0.25) is 10.3 Å². The normalized spacial score (nSPS) is 9.93. The third kappa shape index (κ3) is 2.70. The van der Waals surface area contributed by atoms with Gasteiger partial charge in [-0.2, -0.15) is 0 Å². The van der Waals surface area contributed by atoms with Crippen LogP contribution in [0.4, 0.5) is 5.69 Å². The minimum atomic E-state index is 0.566. The summed E-state index contributed by atoms with van der Waals surface area (Å²) < 4.78 is 0. The Labute approximate surface area is 93.9 Å². The summed E-state index contributed by atoms with van der Waals surface area (Å²) in [5, 5.41) is 5.13. The Hall–Kier alpha value is -1.54. The molecule has 3 heteroatoms. The third-order valence-corrected chi connectivity index (χ3v) is 2.40. The highest BCUT2D eigenvalue weighted by Crippen LogP contribution is 2.15. The Balaban J connectivity index is 2.03. The molecule has 0 saturated heterocycles. The second-order valence-electron chi connectivity index (χ2n) is 3.12. The molecule has 1 aromatic heterocycles. The van der Waals surface area contributed by atoms with E-state index in [1.165, 1.54) is 0 Å². The Kier molecular flexibility index (Phi) is 3.20. The molecule has 0 unspecified atom stereocenters. The SMILES string of the molecule is Clc1ccncc1C[N]c1ccccc1. The number of halogens is 1. The van der Waals surface area contributed by atoms with Gasteiger partial charge in [0.2, 0.25) is 0 Å². The van der Waals surface area contributed by atoms with E-state index in [9.17, 15) is 0 Å². The zero-order valence-corrected chi connectivity index (χ0v) is 8.85. The van der Waals surface area contributed by atoms with Gasteiger partial charge in [0.05, 0.1) is 12.2 Å². The van der Waals surface area contributed by atoms with E-state index in [4.69, 9.17) is 11.6 Å². The van der Waals surface area contributed by atoms with Gasteiger partial charge in [0.15, 0.2) is 0 Å². The van der Waals surface area contributed by atoms with Crippen LogP contribution in [0, 0.1) is 0 Å². The summed E-state index contributed by atoms with van der Waals surface area (Å²) in [5.41, 5.74) is 1.90. The lowest BCUT2D eigenvalue weighted by Crippen LogP contribution is -1.98. The molecule has 0 spiro atoms. The standard InChI is InChI=1S/C12H10ClN2/c13-12-6-7-14-8-10(12)9-15-11-4-2-1-3-5-11/h1-8H,9H2. The van der Waals surface area contributed by atoms with Crippen LogP contribution in [0.25, 0.3) is 0 Å². The topological polar surface area (TPSA) is 27.0 Å². The van der Waals surface area contributed by atoms with Gasteiger partial charge in [0, 0.05) is 23.0 Å². The summed E-state index contributed by atoms with van der Waals surface area (Å²) in [6, 6.07) is 11.6. The van der Waals surface area contributed by atoms with Crippen LogP contribution in [0.3, 0.4) is 0 Å². The first-order chi connectivity index (χ1) is 7.36. The number of hydrogen-bond acceptors (Lipinski definition) is 1. The second-order valence-corrected chi connectivity index (χ2v) is 3.53. The molecule has 2 nitrogen and oxygen atoms in total. The van der Waals surface area contributed by atoms with Crippen molar-refractivity contribution >= 4 is 17.3 Å². The van der Waals surface area contributed by atoms with Crippen molar-refractivity contribution in [3.8, 4) is 0 Å². The fourth-order valence-corrected chi connectivity index (χ4v) is 1.40. The van der Waals surface area contributed by atoms with E-state index in [0.29, 0.717) is 11.6 Å². The fraction of sp³-hybridized carbons (Fsp3) is 0.0833. The molecule has 2 aromatic rings. The van der Waals surface area contributed by atoms with E-state index in [1.807, 2.05) is 30.3 Å².